The van der Waals surface area contributed by atoms with Gasteiger partial charge in [0.15, 0.2) is 5.57 Å². The van der Waals surface area contributed by atoms with Crippen LogP contribution in [-0.2, 0) is 11.3 Å². The van der Waals surface area contributed by atoms with Gasteiger partial charge in [-0.3, -0.25) is 5.32 Å². The Morgan fingerprint density at radius 2 is 1.42 bits per heavy atom. The molecule has 2 rings (SSSR count). The van der Waals surface area contributed by atoms with Crippen molar-refractivity contribution >= 4 is 17.5 Å². The standard InChI is InChI=1S/C19H13N5O2/c20-10-15(11-21)18(12-22)23-16-6-8-17(9-7-16)24-19(25)26-13-14-4-2-1-3-5-14/h1-9,23H,13H2,(H,24,25). The Balaban J connectivity index is 1.94. The van der Waals surface area contributed by atoms with Crippen LogP contribution in [-0.4, -0.2) is 6.09 Å². The Morgan fingerprint density at radius 3 is 1.96 bits per heavy atom. The van der Waals surface area contributed by atoms with Gasteiger partial charge >= 0.3 is 6.09 Å². The van der Waals surface area contributed by atoms with Crippen LogP contribution in [0.4, 0.5) is 16.2 Å². The van der Waals surface area contributed by atoms with Crippen LogP contribution in [0.25, 0.3) is 0 Å². The van der Waals surface area contributed by atoms with E-state index in [9.17, 15) is 4.79 Å². The molecule has 126 valence electrons. The average molecular weight is 343 g/mol. The normalized spacial score (nSPS) is 8.96. The molecule has 7 nitrogen and oxygen atoms in total. The molecule has 0 fully saturated rings. The van der Waals surface area contributed by atoms with Crippen molar-refractivity contribution in [1.29, 1.82) is 15.8 Å². The topological polar surface area (TPSA) is 122 Å². The smallest absolute Gasteiger partial charge is 0.411 e. The van der Waals surface area contributed by atoms with Crippen LogP contribution in [0.5, 0.6) is 0 Å². The van der Waals surface area contributed by atoms with Crippen molar-refractivity contribution in [2.45, 2.75) is 6.61 Å². The fourth-order valence-electron chi connectivity index (χ4n) is 1.94. The van der Waals surface area contributed by atoms with Crippen molar-refractivity contribution in [3.8, 4) is 18.2 Å². The first-order valence-corrected chi connectivity index (χ1v) is 7.45. The largest absolute Gasteiger partial charge is 0.444 e. The van der Waals surface area contributed by atoms with Crippen molar-refractivity contribution in [3.05, 3.63) is 71.4 Å². The third kappa shape index (κ3) is 5.13. The number of amides is 1. The van der Waals surface area contributed by atoms with Crippen LogP contribution >= 0.6 is 0 Å². The van der Waals surface area contributed by atoms with E-state index in [0.29, 0.717) is 11.4 Å². The number of nitriles is 3. The van der Waals surface area contributed by atoms with Crippen LogP contribution in [0.3, 0.4) is 0 Å². The molecule has 2 N–H and O–H groups in total. The summed E-state index contributed by atoms with van der Waals surface area (Å²) in [4.78, 5) is 11.8. The van der Waals surface area contributed by atoms with Gasteiger partial charge in [0, 0.05) is 11.4 Å². The first-order chi connectivity index (χ1) is 12.7. The van der Waals surface area contributed by atoms with Crippen LogP contribution < -0.4 is 10.6 Å². The van der Waals surface area contributed by atoms with Crippen LogP contribution in [0, 0.1) is 34.0 Å². The fraction of sp³-hybridized carbons (Fsp3) is 0.0526. The lowest BCUT2D eigenvalue weighted by Gasteiger charge is -2.09. The summed E-state index contributed by atoms with van der Waals surface area (Å²) in [6.45, 7) is 0.160. The minimum Gasteiger partial charge on any atom is -0.444 e. The maximum absolute atomic E-state index is 11.8. The summed E-state index contributed by atoms with van der Waals surface area (Å²) in [6, 6.07) is 20.7. The number of carbonyl (C=O) groups excluding carboxylic acids is 1. The Kier molecular flexibility index (Phi) is 6.34. The molecule has 0 atom stereocenters. The highest BCUT2D eigenvalue weighted by atomic mass is 16.5. The van der Waals surface area contributed by atoms with Gasteiger partial charge in [-0.15, -0.1) is 0 Å². The minimum atomic E-state index is -0.594. The Morgan fingerprint density at radius 1 is 0.846 bits per heavy atom. The summed E-state index contributed by atoms with van der Waals surface area (Å²) in [5.74, 6) is 0. The van der Waals surface area contributed by atoms with Crippen molar-refractivity contribution < 1.29 is 9.53 Å². The van der Waals surface area contributed by atoms with Gasteiger partial charge in [0.2, 0.25) is 0 Å². The van der Waals surface area contributed by atoms with E-state index in [1.54, 1.807) is 42.5 Å². The summed E-state index contributed by atoms with van der Waals surface area (Å²) < 4.78 is 5.12. The molecule has 0 aliphatic rings. The molecule has 0 saturated heterocycles. The van der Waals surface area contributed by atoms with Gasteiger partial charge in [-0.2, -0.15) is 15.8 Å². The lowest BCUT2D eigenvalue weighted by atomic mass is 10.2. The molecule has 0 aliphatic heterocycles. The second kappa shape index (κ2) is 9.12. The van der Waals surface area contributed by atoms with Gasteiger partial charge in [0.25, 0.3) is 0 Å². The molecule has 1 amide bonds. The SMILES string of the molecule is N#CC(C#N)=C(C#N)Nc1ccc(NC(=O)OCc2ccccc2)cc1. The Labute approximate surface area is 150 Å². The average Bonchev–Trinajstić information content (AvgIpc) is 2.68. The number of allylic oxidation sites excluding steroid dienone is 2. The highest BCUT2D eigenvalue weighted by molar-refractivity contribution is 5.84. The van der Waals surface area contributed by atoms with E-state index < -0.39 is 6.09 Å². The zero-order valence-corrected chi connectivity index (χ0v) is 13.6. The second-order valence-corrected chi connectivity index (χ2v) is 4.97. The van der Waals surface area contributed by atoms with Crippen LogP contribution in [0.1, 0.15) is 5.56 Å². The zero-order valence-electron chi connectivity index (χ0n) is 13.6. The molecule has 0 bridgehead atoms. The van der Waals surface area contributed by atoms with E-state index in [1.165, 1.54) is 0 Å². The van der Waals surface area contributed by atoms with Gasteiger partial charge in [-0.05, 0) is 29.8 Å². The van der Waals surface area contributed by atoms with Crippen molar-refractivity contribution in [2.75, 3.05) is 10.6 Å². The minimum absolute atomic E-state index is 0.141. The molecule has 0 spiro atoms. The Hall–Kier alpha value is -4.28. The quantitative estimate of drug-likeness (QED) is 0.799. The zero-order chi connectivity index (χ0) is 18.8. The molecular weight excluding hydrogens is 330 g/mol. The summed E-state index contributed by atoms with van der Waals surface area (Å²) in [5.41, 5.74) is 1.42. The predicted octanol–water partition coefficient (Wildman–Crippen LogP) is 3.67. The predicted molar refractivity (Wildman–Crippen MR) is 94.2 cm³/mol. The summed E-state index contributed by atoms with van der Waals surface area (Å²) >= 11 is 0. The van der Waals surface area contributed by atoms with E-state index in [-0.39, 0.29) is 17.9 Å². The first kappa shape index (κ1) is 18.1. The summed E-state index contributed by atoms with van der Waals surface area (Å²) in [5, 5.41) is 31.9. The maximum Gasteiger partial charge on any atom is 0.411 e. The molecule has 2 aromatic carbocycles. The van der Waals surface area contributed by atoms with Crippen molar-refractivity contribution in [2.24, 2.45) is 0 Å². The monoisotopic (exact) mass is 343 g/mol. The highest BCUT2D eigenvalue weighted by Gasteiger charge is 2.07. The highest BCUT2D eigenvalue weighted by Crippen LogP contribution is 2.16. The number of anilines is 2. The fourth-order valence-corrected chi connectivity index (χ4v) is 1.94. The molecule has 0 saturated carbocycles. The number of rotatable bonds is 5. The number of hydrogen-bond donors (Lipinski definition) is 2. The third-order valence-corrected chi connectivity index (χ3v) is 3.20. The summed E-state index contributed by atoms with van der Waals surface area (Å²) in [6.07, 6.45) is -0.594. The van der Waals surface area contributed by atoms with Gasteiger partial charge in [-0.25, -0.2) is 4.79 Å². The maximum atomic E-state index is 11.8. The molecule has 7 heteroatoms. The first-order valence-electron chi connectivity index (χ1n) is 7.45. The summed E-state index contributed by atoms with van der Waals surface area (Å²) in [7, 11) is 0. The number of ether oxygens (including phenoxy) is 1. The van der Waals surface area contributed by atoms with E-state index in [2.05, 4.69) is 10.6 Å². The number of nitrogens with one attached hydrogen (secondary N) is 2. The van der Waals surface area contributed by atoms with Crippen molar-refractivity contribution in [1.82, 2.24) is 0 Å². The number of benzene rings is 2. The number of hydrogen-bond acceptors (Lipinski definition) is 6. The third-order valence-electron chi connectivity index (χ3n) is 3.20. The molecule has 0 aliphatic carbocycles. The van der Waals surface area contributed by atoms with Crippen LogP contribution in [0.2, 0.25) is 0 Å². The van der Waals surface area contributed by atoms with E-state index >= 15 is 0 Å². The van der Waals surface area contributed by atoms with Crippen LogP contribution in [0.15, 0.2) is 65.9 Å². The van der Waals surface area contributed by atoms with E-state index in [1.807, 2.05) is 30.3 Å². The van der Waals surface area contributed by atoms with Crippen molar-refractivity contribution in [3.63, 3.8) is 0 Å². The lowest BCUT2D eigenvalue weighted by molar-refractivity contribution is 0.155. The van der Waals surface area contributed by atoms with Gasteiger partial charge in [0.1, 0.15) is 30.5 Å². The van der Waals surface area contributed by atoms with E-state index in [4.69, 9.17) is 20.5 Å². The Bertz CT molecular complexity index is 913. The molecule has 26 heavy (non-hydrogen) atoms. The second-order valence-electron chi connectivity index (χ2n) is 4.97. The lowest BCUT2D eigenvalue weighted by Crippen LogP contribution is -2.13. The number of nitrogens with zero attached hydrogens (tertiary/aromatic N) is 3. The molecule has 0 heterocycles. The molecule has 0 unspecified atom stereocenters. The van der Waals surface area contributed by atoms with E-state index in [0.717, 1.165) is 5.56 Å². The van der Waals surface area contributed by atoms with Gasteiger partial charge < -0.3 is 10.1 Å². The van der Waals surface area contributed by atoms with Gasteiger partial charge in [-0.1, -0.05) is 30.3 Å². The van der Waals surface area contributed by atoms with Gasteiger partial charge in [0.05, 0.1) is 0 Å². The molecule has 0 radical (unpaired) electrons. The number of carbonyl (C=O) groups is 1. The molecule has 2 aromatic rings. The molecule has 0 aromatic heterocycles. The molecular formula is C19H13N5O2.